The van der Waals surface area contributed by atoms with Crippen LogP contribution in [0.1, 0.15) is 38.3 Å². The molecule has 1 rings (SSSR count). The molecule has 0 amide bonds. The van der Waals surface area contributed by atoms with Crippen molar-refractivity contribution in [3.8, 4) is 0 Å². The summed E-state index contributed by atoms with van der Waals surface area (Å²) < 4.78 is 0. The van der Waals surface area contributed by atoms with Gasteiger partial charge in [0.1, 0.15) is 0 Å². The van der Waals surface area contributed by atoms with E-state index in [2.05, 4.69) is 16.8 Å². The van der Waals surface area contributed by atoms with Gasteiger partial charge in [0.25, 0.3) is 0 Å². The Kier molecular flexibility index (Phi) is 5.97. The lowest BCUT2D eigenvalue weighted by molar-refractivity contribution is -0.136. The van der Waals surface area contributed by atoms with Crippen molar-refractivity contribution < 1.29 is 9.90 Å². The molecular formula is C12H20N2O2S. The van der Waals surface area contributed by atoms with Crippen molar-refractivity contribution in [2.75, 3.05) is 18.0 Å². The molecule has 96 valence electrons. The maximum atomic E-state index is 10.6. The number of hydrogen-bond acceptors (Lipinski definition) is 4. The van der Waals surface area contributed by atoms with Gasteiger partial charge in [-0.1, -0.05) is 19.8 Å². The molecule has 1 aromatic rings. The number of carboxylic acids is 1. The largest absolute Gasteiger partial charge is 0.481 e. The molecule has 1 N–H and O–H groups in total. The Morgan fingerprint density at radius 1 is 1.47 bits per heavy atom. The molecule has 0 fully saturated rings. The Bertz CT molecular complexity index is 352. The van der Waals surface area contributed by atoms with Gasteiger partial charge in [-0.25, -0.2) is 4.98 Å². The summed E-state index contributed by atoms with van der Waals surface area (Å²) in [5.41, 5.74) is 1.00. The van der Waals surface area contributed by atoms with Crippen LogP contribution in [0.2, 0.25) is 0 Å². The van der Waals surface area contributed by atoms with Crippen molar-refractivity contribution in [1.82, 2.24) is 4.98 Å². The number of aromatic nitrogens is 1. The highest BCUT2D eigenvalue weighted by Crippen LogP contribution is 2.20. The molecule has 0 aromatic carbocycles. The first-order valence-corrected chi connectivity index (χ1v) is 6.90. The predicted octanol–water partition coefficient (Wildman–Crippen LogP) is 2.92. The topological polar surface area (TPSA) is 53.4 Å². The van der Waals surface area contributed by atoms with Gasteiger partial charge in [0.05, 0.1) is 12.1 Å². The maximum absolute atomic E-state index is 10.6. The number of aliphatic carboxylic acids is 1. The maximum Gasteiger partial charge on any atom is 0.305 e. The van der Waals surface area contributed by atoms with Crippen LogP contribution in [-0.4, -0.2) is 29.1 Å². The predicted molar refractivity (Wildman–Crippen MR) is 70.8 cm³/mol. The molecule has 0 atom stereocenters. The first-order chi connectivity index (χ1) is 8.13. The first kappa shape index (κ1) is 14.0. The highest BCUT2D eigenvalue weighted by molar-refractivity contribution is 7.13. The van der Waals surface area contributed by atoms with Crippen LogP contribution in [0.5, 0.6) is 0 Å². The SMILES string of the molecule is CCCCCN(CCC(=O)O)c1nc(C)cs1. The second kappa shape index (κ2) is 7.27. The molecule has 1 heterocycles. The fourth-order valence-electron chi connectivity index (χ4n) is 1.57. The normalized spacial score (nSPS) is 10.5. The second-order valence-electron chi connectivity index (χ2n) is 4.11. The van der Waals surface area contributed by atoms with E-state index in [0.29, 0.717) is 6.54 Å². The zero-order chi connectivity index (χ0) is 12.7. The van der Waals surface area contributed by atoms with Gasteiger partial charge in [-0.05, 0) is 13.3 Å². The van der Waals surface area contributed by atoms with E-state index < -0.39 is 5.97 Å². The number of rotatable bonds is 8. The number of anilines is 1. The molecule has 0 spiro atoms. The number of thiazole rings is 1. The zero-order valence-corrected chi connectivity index (χ0v) is 11.3. The molecule has 17 heavy (non-hydrogen) atoms. The van der Waals surface area contributed by atoms with E-state index in [-0.39, 0.29) is 6.42 Å². The third-order valence-electron chi connectivity index (χ3n) is 2.50. The molecule has 0 saturated heterocycles. The molecule has 0 aliphatic carbocycles. The number of aryl methyl sites for hydroxylation is 1. The number of unbranched alkanes of at least 4 members (excludes halogenated alkanes) is 2. The molecule has 0 aliphatic rings. The number of carbonyl (C=O) groups is 1. The minimum absolute atomic E-state index is 0.171. The van der Waals surface area contributed by atoms with Crippen LogP contribution in [0.3, 0.4) is 0 Å². The lowest BCUT2D eigenvalue weighted by Gasteiger charge is -2.20. The van der Waals surface area contributed by atoms with Crippen molar-refractivity contribution in [3.63, 3.8) is 0 Å². The molecule has 0 unspecified atom stereocenters. The van der Waals surface area contributed by atoms with Gasteiger partial charge < -0.3 is 10.0 Å². The van der Waals surface area contributed by atoms with E-state index in [1.165, 1.54) is 12.8 Å². The van der Waals surface area contributed by atoms with E-state index in [9.17, 15) is 4.79 Å². The molecule has 0 bridgehead atoms. The summed E-state index contributed by atoms with van der Waals surface area (Å²) >= 11 is 1.59. The Balaban J connectivity index is 2.54. The number of carboxylic acid groups (broad SMARTS) is 1. The summed E-state index contributed by atoms with van der Waals surface area (Å²) in [6, 6.07) is 0. The summed E-state index contributed by atoms with van der Waals surface area (Å²) in [5, 5.41) is 11.7. The van der Waals surface area contributed by atoms with Crippen molar-refractivity contribution in [3.05, 3.63) is 11.1 Å². The van der Waals surface area contributed by atoms with Gasteiger partial charge in [0.15, 0.2) is 5.13 Å². The summed E-state index contributed by atoms with van der Waals surface area (Å²) in [4.78, 5) is 17.1. The lowest BCUT2D eigenvalue weighted by Crippen LogP contribution is -2.27. The van der Waals surface area contributed by atoms with Crippen LogP contribution in [0.25, 0.3) is 0 Å². The van der Waals surface area contributed by atoms with Crippen LogP contribution >= 0.6 is 11.3 Å². The Labute approximate surface area is 106 Å². The van der Waals surface area contributed by atoms with E-state index in [1.54, 1.807) is 11.3 Å². The fraction of sp³-hybridized carbons (Fsp3) is 0.667. The highest BCUT2D eigenvalue weighted by atomic mass is 32.1. The highest BCUT2D eigenvalue weighted by Gasteiger charge is 2.11. The summed E-state index contributed by atoms with van der Waals surface area (Å²) in [6.07, 6.45) is 3.61. The van der Waals surface area contributed by atoms with Crippen molar-refractivity contribution in [2.45, 2.75) is 39.5 Å². The third-order valence-corrected chi connectivity index (χ3v) is 3.52. The summed E-state index contributed by atoms with van der Waals surface area (Å²) in [6.45, 7) is 5.57. The number of nitrogens with zero attached hydrogens (tertiary/aromatic N) is 2. The van der Waals surface area contributed by atoms with Crippen molar-refractivity contribution in [1.29, 1.82) is 0 Å². The smallest absolute Gasteiger partial charge is 0.305 e. The molecule has 5 heteroatoms. The zero-order valence-electron chi connectivity index (χ0n) is 10.5. The van der Waals surface area contributed by atoms with Crippen LogP contribution in [-0.2, 0) is 4.79 Å². The Morgan fingerprint density at radius 2 is 2.24 bits per heavy atom. The molecule has 0 radical (unpaired) electrons. The molecule has 0 saturated carbocycles. The van der Waals surface area contributed by atoms with Crippen LogP contribution < -0.4 is 4.90 Å². The minimum atomic E-state index is -0.751. The van der Waals surface area contributed by atoms with Crippen LogP contribution in [0.4, 0.5) is 5.13 Å². The molecular weight excluding hydrogens is 236 g/mol. The molecule has 1 aromatic heterocycles. The summed E-state index contributed by atoms with van der Waals surface area (Å²) in [7, 11) is 0. The number of hydrogen-bond donors (Lipinski definition) is 1. The van der Waals surface area contributed by atoms with E-state index in [4.69, 9.17) is 5.11 Å². The van der Waals surface area contributed by atoms with Crippen LogP contribution in [0, 0.1) is 6.92 Å². The standard InChI is InChI=1S/C12H20N2O2S/c1-3-4-5-7-14(8-6-11(15)16)12-13-10(2)9-17-12/h9H,3-8H2,1-2H3,(H,15,16). The second-order valence-corrected chi connectivity index (χ2v) is 4.95. The van der Waals surface area contributed by atoms with Gasteiger partial charge in [-0.15, -0.1) is 11.3 Å². The Hall–Kier alpha value is -1.10. The van der Waals surface area contributed by atoms with Gasteiger partial charge in [-0.3, -0.25) is 4.79 Å². The van der Waals surface area contributed by atoms with Gasteiger partial charge in [0.2, 0.25) is 0 Å². The Morgan fingerprint density at radius 3 is 2.76 bits per heavy atom. The van der Waals surface area contributed by atoms with Crippen LogP contribution in [0.15, 0.2) is 5.38 Å². The lowest BCUT2D eigenvalue weighted by atomic mass is 10.2. The van der Waals surface area contributed by atoms with Crippen molar-refractivity contribution in [2.24, 2.45) is 0 Å². The average Bonchev–Trinajstić information content (AvgIpc) is 2.69. The van der Waals surface area contributed by atoms with Gasteiger partial charge in [-0.2, -0.15) is 0 Å². The third kappa shape index (κ3) is 5.17. The summed E-state index contributed by atoms with van der Waals surface area (Å²) in [5.74, 6) is -0.751. The van der Waals surface area contributed by atoms with E-state index in [1.807, 2.05) is 12.3 Å². The van der Waals surface area contributed by atoms with Gasteiger partial charge in [0, 0.05) is 18.5 Å². The van der Waals surface area contributed by atoms with Gasteiger partial charge >= 0.3 is 5.97 Å². The van der Waals surface area contributed by atoms with E-state index >= 15 is 0 Å². The monoisotopic (exact) mass is 256 g/mol. The van der Waals surface area contributed by atoms with E-state index in [0.717, 1.165) is 23.8 Å². The minimum Gasteiger partial charge on any atom is -0.481 e. The molecule has 0 aliphatic heterocycles. The van der Waals surface area contributed by atoms with Crippen molar-refractivity contribution >= 4 is 22.4 Å². The quantitative estimate of drug-likeness (QED) is 0.727. The fourth-order valence-corrected chi connectivity index (χ4v) is 2.43. The first-order valence-electron chi connectivity index (χ1n) is 6.02. The average molecular weight is 256 g/mol. The molecule has 4 nitrogen and oxygen atoms in total.